The van der Waals surface area contributed by atoms with Gasteiger partial charge in [-0.25, -0.2) is 0 Å². The van der Waals surface area contributed by atoms with E-state index in [4.69, 9.17) is 0 Å². The Morgan fingerprint density at radius 3 is 1.81 bits per heavy atom. The quantitative estimate of drug-likeness (QED) is 0.222. The number of hydrogen-bond donors (Lipinski definition) is 0. The summed E-state index contributed by atoms with van der Waals surface area (Å²) in [6, 6.07) is 48.9. The van der Waals surface area contributed by atoms with E-state index in [0.717, 1.165) is 50.4 Å². The van der Waals surface area contributed by atoms with Crippen molar-refractivity contribution in [2.24, 2.45) is 0 Å². The highest BCUT2D eigenvalue weighted by Gasteiger charge is 2.35. The smallest absolute Gasteiger partial charge is 0.194 e. The molecule has 8 rings (SSSR count). The molecule has 0 atom stereocenters. The number of hydrogen-bond acceptors (Lipinski definition) is 2. The Morgan fingerprint density at radius 2 is 1.02 bits per heavy atom. The largest absolute Gasteiger partial charge is 0.310 e. The van der Waals surface area contributed by atoms with E-state index in [0.29, 0.717) is 0 Å². The van der Waals surface area contributed by atoms with E-state index in [2.05, 4.69) is 134 Å². The summed E-state index contributed by atoms with van der Waals surface area (Å²) in [5.74, 6) is 0.105. The minimum Gasteiger partial charge on any atom is -0.310 e. The molecular formula is C40H29NO. The molecule has 6 aromatic carbocycles. The normalized spacial score (nSPS) is 13.7. The lowest BCUT2D eigenvalue weighted by Gasteiger charge is -2.28. The fourth-order valence-electron chi connectivity index (χ4n) is 6.96. The molecular weight excluding hydrogens is 510 g/mol. The summed E-state index contributed by atoms with van der Waals surface area (Å²) in [6.07, 6.45) is 0. The van der Waals surface area contributed by atoms with E-state index in [1.807, 2.05) is 24.3 Å². The molecule has 200 valence electrons. The first-order chi connectivity index (χ1) is 20.5. The lowest BCUT2D eigenvalue weighted by atomic mass is 9.82. The van der Waals surface area contributed by atoms with Gasteiger partial charge in [0.1, 0.15) is 0 Å². The van der Waals surface area contributed by atoms with Crippen molar-refractivity contribution in [3.05, 3.63) is 162 Å². The van der Waals surface area contributed by atoms with E-state index in [-0.39, 0.29) is 11.2 Å². The third-order valence-corrected chi connectivity index (χ3v) is 9.03. The second-order valence-corrected chi connectivity index (χ2v) is 11.7. The Balaban J connectivity index is 1.22. The third kappa shape index (κ3) is 3.55. The van der Waals surface area contributed by atoms with Gasteiger partial charge in [0, 0.05) is 33.6 Å². The van der Waals surface area contributed by atoms with Crippen LogP contribution in [0.3, 0.4) is 0 Å². The van der Waals surface area contributed by atoms with Gasteiger partial charge in [0.25, 0.3) is 0 Å². The molecule has 0 N–H and O–H groups in total. The van der Waals surface area contributed by atoms with Crippen LogP contribution in [0.4, 0.5) is 17.1 Å². The molecule has 0 heterocycles. The zero-order valence-electron chi connectivity index (χ0n) is 23.6. The maximum atomic E-state index is 13.4. The van der Waals surface area contributed by atoms with E-state index in [9.17, 15) is 4.79 Å². The fourth-order valence-corrected chi connectivity index (χ4v) is 6.96. The predicted molar refractivity (Wildman–Crippen MR) is 173 cm³/mol. The van der Waals surface area contributed by atoms with Crippen LogP contribution in [0.2, 0.25) is 0 Å². The van der Waals surface area contributed by atoms with Crippen molar-refractivity contribution in [2.75, 3.05) is 4.90 Å². The Labute approximate surface area is 246 Å². The monoisotopic (exact) mass is 539 g/mol. The van der Waals surface area contributed by atoms with Crippen LogP contribution in [0, 0.1) is 0 Å². The van der Waals surface area contributed by atoms with E-state index in [1.165, 1.54) is 22.3 Å². The van der Waals surface area contributed by atoms with Gasteiger partial charge in [0.05, 0.1) is 0 Å². The number of ketones is 1. The van der Waals surface area contributed by atoms with Crippen LogP contribution < -0.4 is 4.90 Å². The van der Waals surface area contributed by atoms with Gasteiger partial charge in [-0.1, -0.05) is 117 Å². The second-order valence-electron chi connectivity index (χ2n) is 11.7. The molecule has 0 fully saturated rings. The molecule has 2 aliphatic carbocycles. The van der Waals surface area contributed by atoms with Crippen LogP contribution >= 0.6 is 0 Å². The molecule has 2 aliphatic rings. The highest BCUT2D eigenvalue weighted by molar-refractivity contribution is 6.24. The van der Waals surface area contributed by atoms with Crippen molar-refractivity contribution in [2.45, 2.75) is 19.3 Å². The number of fused-ring (bicyclic) bond motifs is 6. The highest BCUT2D eigenvalue weighted by atomic mass is 16.1. The van der Waals surface area contributed by atoms with Crippen molar-refractivity contribution in [1.29, 1.82) is 0 Å². The summed E-state index contributed by atoms with van der Waals surface area (Å²) in [6.45, 7) is 4.64. The van der Waals surface area contributed by atoms with Crippen molar-refractivity contribution in [3.63, 3.8) is 0 Å². The summed E-state index contributed by atoms with van der Waals surface area (Å²) in [4.78, 5) is 15.8. The Hall–Kier alpha value is -5.21. The van der Waals surface area contributed by atoms with Crippen molar-refractivity contribution in [3.8, 4) is 33.4 Å². The summed E-state index contributed by atoms with van der Waals surface area (Å²) < 4.78 is 0. The maximum absolute atomic E-state index is 13.4. The molecule has 2 nitrogen and oxygen atoms in total. The van der Waals surface area contributed by atoms with Crippen LogP contribution in [0.5, 0.6) is 0 Å². The Kier molecular flexibility index (Phi) is 5.36. The molecule has 6 aromatic rings. The van der Waals surface area contributed by atoms with Crippen molar-refractivity contribution in [1.82, 2.24) is 0 Å². The van der Waals surface area contributed by atoms with Crippen LogP contribution in [0.25, 0.3) is 33.4 Å². The number of anilines is 3. The van der Waals surface area contributed by atoms with E-state index >= 15 is 0 Å². The molecule has 0 saturated carbocycles. The van der Waals surface area contributed by atoms with Crippen LogP contribution in [-0.2, 0) is 5.41 Å². The lowest BCUT2D eigenvalue weighted by molar-refractivity contribution is 0.104. The predicted octanol–water partition coefficient (Wildman–Crippen LogP) is 10.3. The van der Waals surface area contributed by atoms with Gasteiger partial charge in [-0.2, -0.15) is 0 Å². The molecule has 42 heavy (non-hydrogen) atoms. The average Bonchev–Trinajstić information content (AvgIpc) is 3.46. The number of benzene rings is 6. The first-order valence-electron chi connectivity index (χ1n) is 14.5. The molecule has 0 radical (unpaired) electrons. The lowest BCUT2D eigenvalue weighted by Crippen LogP contribution is -2.16. The highest BCUT2D eigenvalue weighted by Crippen LogP contribution is 2.50. The summed E-state index contributed by atoms with van der Waals surface area (Å²) in [5.41, 5.74) is 14.2. The van der Waals surface area contributed by atoms with Gasteiger partial charge in [0.2, 0.25) is 0 Å². The van der Waals surface area contributed by atoms with Gasteiger partial charge < -0.3 is 4.90 Å². The molecule has 0 bridgehead atoms. The Bertz CT molecular complexity index is 2020. The summed E-state index contributed by atoms with van der Waals surface area (Å²) >= 11 is 0. The molecule has 0 amide bonds. The topological polar surface area (TPSA) is 20.3 Å². The number of carbonyl (C=O) groups is 1. The second kappa shape index (κ2) is 9.15. The van der Waals surface area contributed by atoms with Gasteiger partial charge in [0.15, 0.2) is 5.78 Å². The zero-order valence-corrected chi connectivity index (χ0v) is 23.6. The minimum absolute atomic E-state index is 0.0774. The standard InChI is InChI=1S/C40H29NO/c1-40(2)36-18-9-8-14-32(36)33-24-23-29(25-37(33)40)41(27-11-4-3-5-12-27)28-21-19-26(20-22-28)30-16-10-17-34-31-13-6-7-15-35(31)39(42)38(30)34/h3-25H,1-2H3. The number of nitrogens with zero attached hydrogens (tertiary/aromatic N) is 1. The van der Waals surface area contributed by atoms with Crippen LogP contribution in [-0.4, -0.2) is 5.78 Å². The first kappa shape index (κ1) is 24.6. The molecule has 2 heteroatoms. The SMILES string of the molecule is CC1(C)c2ccccc2-c2ccc(N(c3ccccc3)c3ccc(-c4cccc5c4C(=O)c4ccccc4-5)cc3)cc21. The fraction of sp³-hybridized carbons (Fsp3) is 0.0750. The van der Waals surface area contributed by atoms with Gasteiger partial charge in [-0.3, -0.25) is 4.79 Å². The zero-order chi connectivity index (χ0) is 28.4. The number of carbonyl (C=O) groups excluding carboxylic acids is 1. The number of rotatable bonds is 4. The maximum Gasteiger partial charge on any atom is 0.194 e. The van der Waals surface area contributed by atoms with Crippen molar-refractivity contribution < 1.29 is 4.79 Å². The van der Waals surface area contributed by atoms with Crippen molar-refractivity contribution >= 4 is 22.8 Å². The first-order valence-corrected chi connectivity index (χ1v) is 14.5. The van der Waals surface area contributed by atoms with E-state index < -0.39 is 0 Å². The van der Waals surface area contributed by atoms with Crippen LogP contribution in [0.15, 0.2) is 140 Å². The molecule has 0 aliphatic heterocycles. The van der Waals surface area contributed by atoms with Gasteiger partial charge in [-0.15, -0.1) is 0 Å². The summed E-state index contributed by atoms with van der Waals surface area (Å²) in [7, 11) is 0. The third-order valence-electron chi connectivity index (χ3n) is 9.03. The molecule has 0 aromatic heterocycles. The number of para-hydroxylation sites is 1. The average molecular weight is 540 g/mol. The minimum atomic E-state index is -0.0774. The molecule has 0 saturated heterocycles. The van der Waals surface area contributed by atoms with Gasteiger partial charge >= 0.3 is 0 Å². The molecule has 0 spiro atoms. The van der Waals surface area contributed by atoms with E-state index in [1.54, 1.807) is 0 Å². The molecule has 0 unspecified atom stereocenters. The van der Waals surface area contributed by atoms with Crippen LogP contribution in [0.1, 0.15) is 40.9 Å². The summed E-state index contributed by atoms with van der Waals surface area (Å²) in [5, 5.41) is 0. The Morgan fingerprint density at radius 1 is 0.452 bits per heavy atom. The van der Waals surface area contributed by atoms with Gasteiger partial charge in [-0.05, 0) is 80.9 Å².